The normalized spacial score (nSPS) is 19.6. The molecule has 1 N–H and O–H groups in total. The number of nitriles is 1. The third-order valence-electron chi connectivity index (χ3n) is 3.77. The van der Waals surface area contributed by atoms with Crippen LogP contribution in [0.1, 0.15) is 16.7 Å². The van der Waals surface area contributed by atoms with Gasteiger partial charge in [-0.25, -0.2) is 4.98 Å². The van der Waals surface area contributed by atoms with Gasteiger partial charge in [-0.15, -0.1) is 11.3 Å². The summed E-state index contributed by atoms with van der Waals surface area (Å²) in [6.07, 6.45) is 1.17. The maximum atomic E-state index is 10.2. The summed E-state index contributed by atoms with van der Waals surface area (Å²) in [4.78, 5) is 6.47. The van der Waals surface area contributed by atoms with Crippen LogP contribution in [0.25, 0.3) is 0 Å². The molecule has 2 atom stereocenters. The highest BCUT2D eigenvalue weighted by atomic mass is 32.1. The Hall–Kier alpha value is -1.98. The molecule has 0 radical (unpaired) electrons. The van der Waals surface area contributed by atoms with E-state index in [1.54, 1.807) is 41.8 Å². The Bertz CT molecular complexity index is 669. The molecule has 0 unspecified atom stereocenters. The van der Waals surface area contributed by atoms with Crippen LogP contribution in [0.5, 0.6) is 5.75 Å². The fourth-order valence-corrected chi connectivity index (χ4v) is 3.26. The van der Waals surface area contributed by atoms with Crippen LogP contribution in [0.4, 0.5) is 0 Å². The van der Waals surface area contributed by atoms with E-state index in [0.29, 0.717) is 24.5 Å². The number of aliphatic hydroxyl groups is 1. The van der Waals surface area contributed by atoms with E-state index in [1.807, 2.05) is 5.38 Å². The molecule has 1 saturated heterocycles. The topological polar surface area (TPSA) is 78.6 Å². The van der Waals surface area contributed by atoms with Gasteiger partial charge in [-0.05, 0) is 24.3 Å². The third kappa shape index (κ3) is 4.52. The summed E-state index contributed by atoms with van der Waals surface area (Å²) in [7, 11) is 0. The average Bonchev–Trinajstić information content (AvgIpc) is 3.15. The minimum absolute atomic E-state index is 0.0228. The Labute approximate surface area is 144 Å². The van der Waals surface area contributed by atoms with Crippen LogP contribution in [0.15, 0.2) is 35.8 Å². The van der Waals surface area contributed by atoms with E-state index < -0.39 is 6.10 Å². The fraction of sp³-hybridized carbons (Fsp3) is 0.412. The van der Waals surface area contributed by atoms with E-state index in [1.165, 1.54) is 0 Å². The van der Waals surface area contributed by atoms with E-state index >= 15 is 0 Å². The van der Waals surface area contributed by atoms with Gasteiger partial charge in [-0.1, -0.05) is 0 Å². The molecule has 1 aliphatic rings. The van der Waals surface area contributed by atoms with Crippen LogP contribution < -0.4 is 4.74 Å². The van der Waals surface area contributed by atoms with Crippen molar-refractivity contribution < 1.29 is 14.6 Å². The summed E-state index contributed by atoms with van der Waals surface area (Å²) in [6, 6.07) is 8.92. The van der Waals surface area contributed by atoms with Gasteiger partial charge < -0.3 is 14.6 Å². The van der Waals surface area contributed by atoms with Crippen molar-refractivity contribution in [3.63, 3.8) is 0 Å². The lowest BCUT2D eigenvalue weighted by atomic mass is 10.2. The molecule has 3 rings (SSSR count). The second-order valence-corrected chi connectivity index (χ2v) is 6.52. The van der Waals surface area contributed by atoms with Gasteiger partial charge in [0.1, 0.15) is 29.6 Å². The molecule has 0 aliphatic carbocycles. The largest absolute Gasteiger partial charge is 0.491 e. The lowest BCUT2D eigenvalue weighted by Crippen LogP contribution is -2.43. The number of hydrogen-bond donors (Lipinski definition) is 1. The zero-order chi connectivity index (χ0) is 16.8. The van der Waals surface area contributed by atoms with Gasteiger partial charge in [0.05, 0.1) is 18.2 Å². The molecule has 1 fully saturated rings. The smallest absolute Gasteiger partial charge is 0.123 e. The minimum atomic E-state index is -0.587. The summed E-state index contributed by atoms with van der Waals surface area (Å²) in [5, 5.41) is 21.9. The zero-order valence-electron chi connectivity index (χ0n) is 13.2. The second-order valence-electron chi connectivity index (χ2n) is 5.59. The summed E-state index contributed by atoms with van der Waals surface area (Å²) in [6.45, 7) is 2.89. The summed E-state index contributed by atoms with van der Waals surface area (Å²) in [5.41, 5.74) is 0.587. The Kier molecular flexibility index (Phi) is 5.77. The number of morpholine rings is 1. The second kappa shape index (κ2) is 8.22. The first kappa shape index (κ1) is 16.9. The van der Waals surface area contributed by atoms with Crippen molar-refractivity contribution in [2.75, 3.05) is 32.8 Å². The minimum Gasteiger partial charge on any atom is -0.491 e. The number of nitrogens with zero attached hydrogens (tertiary/aromatic N) is 3. The molecule has 1 aromatic carbocycles. The number of ether oxygens (including phenoxy) is 2. The van der Waals surface area contributed by atoms with Gasteiger partial charge in [0.25, 0.3) is 0 Å². The van der Waals surface area contributed by atoms with Crippen molar-refractivity contribution in [2.45, 2.75) is 12.2 Å². The molecule has 0 amide bonds. The third-order valence-corrected chi connectivity index (χ3v) is 4.64. The summed E-state index contributed by atoms with van der Waals surface area (Å²) >= 11 is 1.59. The van der Waals surface area contributed by atoms with Gasteiger partial charge in [0.15, 0.2) is 0 Å². The van der Waals surface area contributed by atoms with Crippen molar-refractivity contribution in [3.8, 4) is 11.8 Å². The van der Waals surface area contributed by atoms with Gasteiger partial charge in [0, 0.05) is 31.2 Å². The van der Waals surface area contributed by atoms with Crippen LogP contribution in [0.3, 0.4) is 0 Å². The molecule has 0 bridgehead atoms. The Morgan fingerprint density at radius 1 is 1.46 bits per heavy atom. The Morgan fingerprint density at radius 2 is 2.29 bits per heavy atom. The first-order valence-electron chi connectivity index (χ1n) is 7.79. The number of aromatic nitrogens is 1. The van der Waals surface area contributed by atoms with Gasteiger partial charge in [-0.2, -0.15) is 5.26 Å². The highest BCUT2D eigenvalue weighted by molar-refractivity contribution is 7.09. The maximum Gasteiger partial charge on any atom is 0.123 e. The Morgan fingerprint density at radius 3 is 3.00 bits per heavy atom. The predicted molar refractivity (Wildman–Crippen MR) is 89.9 cm³/mol. The fourth-order valence-electron chi connectivity index (χ4n) is 2.58. The number of β-amino-alcohol motifs (C(OH)–C–C–N with tert-alkyl or cyclic N) is 1. The number of hydrogen-bond acceptors (Lipinski definition) is 7. The van der Waals surface area contributed by atoms with Crippen molar-refractivity contribution in [3.05, 3.63) is 46.4 Å². The molecule has 2 heterocycles. The molecule has 24 heavy (non-hydrogen) atoms. The predicted octanol–water partition coefficient (Wildman–Crippen LogP) is 1.83. The zero-order valence-corrected chi connectivity index (χ0v) is 14.0. The molecule has 6 nitrogen and oxygen atoms in total. The first-order valence-corrected chi connectivity index (χ1v) is 8.67. The lowest BCUT2D eigenvalue weighted by molar-refractivity contribution is -0.0460. The molecule has 1 aromatic heterocycles. The molecule has 126 valence electrons. The average molecular weight is 345 g/mol. The number of rotatable bonds is 6. The standard InChI is InChI=1S/C17H19N3O3S/c18-9-13-1-3-15(4-2-13)23-12-14(21)10-20-6-7-22-16(11-20)17-19-5-8-24-17/h1-5,8,14,16,21H,6-7,10-12H2/t14-,16+/m1/s1. The highest BCUT2D eigenvalue weighted by Crippen LogP contribution is 2.23. The van der Waals surface area contributed by atoms with Gasteiger partial charge >= 0.3 is 0 Å². The van der Waals surface area contributed by atoms with E-state index in [0.717, 1.165) is 18.1 Å². The van der Waals surface area contributed by atoms with Crippen LogP contribution in [0.2, 0.25) is 0 Å². The van der Waals surface area contributed by atoms with E-state index in [4.69, 9.17) is 14.7 Å². The van der Waals surface area contributed by atoms with E-state index in [-0.39, 0.29) is 12.7 Å². The number of thiazole rings is 1. The van der Waals surface area contributed by atoms with Gasteiger partial charge in [0.2, 0.25) is 0 Å². The van der Waals surface area contributed by atoms with Crippen LogP contribution in [0, 0.1) is 11.3 Å². The van der Waals surface area contributed by atoms with Crippen LogP contribution in [-0.4, -0.2) is 53.9 Å². The van der Waals surface area contributed by atoms with Crippen LogP contribution >= 0.6 is 11.3 Å². The van der Waals surface area contributed by atoms with E-state index in [2.05, 4.69) is 16.0 Å². The molecule has 2 aromatic rings. The lowest BCUT2D eigenvalue weighted by Gasteiger charge is -2.33. The summed E-state index contributed by atoms with van der Waals surface area (Å²) < 4.78 is 11.3. The quantitative estimate of drug-likeness (QED) is 0.860. The van der Waals surface area contributed by atoms with Crippen molar-refractivity contribution in [2.24, 2.45) is 0 Å². The Balaban J connectivity index is 1.45. The van der Waals surface area contributed by atoms with E-state index in [9.17, 15) is 5.11 Å². The van der Waals surface area contributed by atoms with Crippen molar-refractivity contribution >= 4 is 11.3 Å². The molecule has 0 spiro atoms. The number of aliphatic hydroxyl groups excluding tert-OH is 1. The summed E-state index contributed by atoms with van der Waals surface area (Å²) in [5.74, 6) is 0.649. The molecular formula is C17H19N3O3S. The first-order chi connectivity index (χ1) is 11.7. The monoisotopic (exact) mass is 345 g/mol. The molecule has 7 heteroatoms. The van der Waals surface area contributed by atoms with Crippen molar-refractivity contribution in [1.29, 1.82) is 5.26 Å². The molecule has 1 aliphatic heterocycles. The SMILES string of the molecule is N#Cc1ccc(OC[C@H](O)CN2CCO[C@H](c3nccs3)C2)cc1. The van der Waals surface area contributed by atoms with Crippen LogP contribution in [-0.2, 0) is 4.74 Å². The molecular weight excluding hydrogens is 326 g/mol. The maximum absolute atomic E-state index is 10.2. The number of benzene rings is 1. The van der Waals surface area contributed by atoms with Gasteiger partial charge in [-0.3, -0.25) is 4.90 Å². The molecule has 0 saturated carbocycles. The van der Waals surface area contributed by atoms with Crippen molar-refractivity contribution in [1.82, 2.24) is 9.88 Å². The highest BCUT2D eigenvalue weighted by Gasteiger charge is 2.25.